The van der Waals surface area contributed by atoms with Crippen LogP contribution >= 0.6 is 0 Å². The molecule has 1 heterocycles. The number of benzene rings is 2. The fourth-order valence-corrected chi connectivity index (χ4v) is 2.85. The number of hydrogen-bond acceptors (Lipinski definition) is 3. The van der Waals surface area contributed by atoms with E-state index in [0.717, 1.165) is 12.0 Å². The number of rotatable bonds is 5. The Hall–Kier alpha value is -2.49. The van der Waals surface area contributed by atoms with Gasteiger partial charge in [0.15, 0.2) is 11.5 Å². The summed E-state index contributed by atoms with van der Waals surface area (Å²) in [6.45, 7) is 4.53. The number of fused-ring (bicyclic) bond motifs is 1. The second-order valence-corrected chi connectivity index (χ2v) is 6.47. The number of amides is 1. The van der Waals surface area contributed by atoms with Crippen LogP contribution in [0.1, 0.15) is 31.9 Å². The minimum absolute atomic E-state index is 0.0283. The molecule has 0 bridgehead atoms. The molecule has 0 saturated heterocycles. The van der Waals surface area contributed by atoms with E-state index in [1.807, 2.05) is 54.6 Å². The Morgan fingerprint density at radius 2 is 1.75 bits per heavy atom. The summed E-state index contributed by atoms with van der Waals surface area (Å²) < 4.78 is 11.4. The van der Waals surface area contributed by atoms with Crippen LogP contribution in [0.3, 0.4) is 0 Å². The van der Waals surface area contributed by atoms with E-state index in [-0.39, 0.29) is 18.6 Å². The minimum Gasteiger partial charge on any atom is -0.485 e. The van der Waals surface area contributed by atoms with Gasteiger partial charge in [0.1, 0.15) is 6.61 Å². The molecule has 0 saturated carbocycles. The van der Waals surface area contributed by atoms with Crippen molar-refractivity contribution in [3.05, 3.63) is 60.2 Å². The first kappa shape index (κ1) is 16.4. The first-order chi connectivity index (χ1) is 11.6. The van der Waals surface area contributed by atoms with E-state index >= 15 is 0 Å². The van der Waals surface area contributed by atoms with E-state index in [4.69, 9.17) is 9.47 Å². The molecule has 2 aromatic carbocycles. The second kappa shape index (κ2) is 7.39. The molecule has 126 valence electrons. The average molecular weight is 325 g/mol. The molecule has 2 atom stereocenters. The van der Waals surface area contributed by atoms with Gasteiger partial charge >= 0.3 is 0 Å². The van der Waals surface area contributed by atoms with Crippen molar-refractivity contribution in [3.8, 4) is 11.5 Å². The Bertz CT molecular complexity index is 684. The molecule has 0 fully saturated rings. The highest BCUT2D eigenvalue weighted by Gasteiger charge is 2.29. The Kier molecular flexibility index (Phi) is 5.04. The number of ether oxygens (including phenoxy) is 2. The average Bonchev–Trinajstić information content (AvgIpc) is 2.61. The predicted molar refractivity (Wildman–Crippen MR) is 93.1 cm³/mol. The van der Waals surface area contributed by atoms with Crippen molar-refractivity contribution in [1.29, 1.82) is 0 Å². The summed E-state index contributed by atoms with van der Waals surface area (Å²) in [6, 6.07) is 17.4. The summed E-state index contributed by atoms with van der Waals surface area (Å²) >= 11 is 0. The normalized spacial score (nSPS) is 17.4. The molecule has 24 heavy (non-hydrogen) atoms. The Balaban J connectivity index is 1.70. The maximum Gasteiger partial charge on any atom is 0.265 e. The van der Waals surface area contributed by atoms with Crippen LogP contribution in [0, 0.1) is 5.92 Å². The summed E-state index contributed by atoms with van der Waals surface area (Å²) in [6.07, 6.45) is 0.248. The third-order valence-electron chi connectivity index (χ3n) is 4.03. The van der Waals surface area contributed by atoms with E-state index in [1.54, 1.807) is 0 Å². The van der Waals surface area contributed by atoms with E-state index in [9.17, 15) is 4.79 Å². The Morgan fingerprint density at radius 1 is 1.08 bits per heavy atom. The topological polar surface area (TPSA) is 47.6 Å². The van der Waals surface area contributed by atoms with Gasteiger partial charge in [0.05, 0.1) is 6.04 Å². The van der Waals surface area contributed by atoms with Crippen molar-refractivity contribution >= 4 is 5.91 Å². The first-order valence-corrected chi connectivity index (χ1v) is 8.37. The van der Waals surface area contributed by atoms with E-state index in [2.05, 4.69) is 19.2 Å². The molecule has 1 aliphatic heterocycles. The summed E-state index contributed by atoms with van der Waals surface area (Å²) in [4.78, 5) is 12.7. The van der Waals surface area contributed by atoms with Crippen molar-refractivity contribution in [2.45, 2.75) is 32.4 Å². The quantitative estimate of drug-likeness (QED) is 0.911. The number of nitrogens with one attached hydrogen (secondary N) is 1. The van der Waals surface area contributed by atoms with Crippen molar-refractivity contribution in [3.63, 3.8) is 0 Å². The summed E-state index contributed by atoms with van der Waals surface area (Å²) in [7, 11) is 0. The maximum absolute atomic E-state index is 12.7. The summed E-state index contributed by atoms with van der Waals surface area (Å²) in [5, 5.41) is 3.12. The molecule has 2 aromatic rings. The van der Waals surface area contributed by atoms with E-state index in [1.165, 1.54) is 0 Å². The van der Waals surface area contributed by atoms with Crippen LogP contribution in [0.5, 0.6) is 11.5 Å². The van der Waals surface area contributed by atoms with Crippen LogP contribution in [-0.2, 0) is 4.79 Å². The second-order valence-electron chi connectivity index (χ2n) is 6.47. The van der Waals surface area contributed by atoms with Crippen LogP contribution in [0.25, 0.3) is 0 Å². The molecule has 1 amide bonds. The number of para-hydroxylation sites is 2. The monoisotopic (exact) mass is 325 g/mol. The predicted octanol–water partition coefficient (Wildman–Crippen LogP) is 3.73. The van der Waals surface area contributed by atoms with Gasteiger partial charge in [-0.15, -0.1) is 0 Å². The molecule has 0 unspecified atom stereocenters. The molecular weight excluding hydrogens is 302 g/mol. The van der Waals surface area contributed by atoms with Crippen LogP contribution in [0.15, 0.2) is 54.6 Å². The van der Waals surface area contributed by atoms with Crippen molar-refractivity contribution in [2.75, 3.05) is 6.61 Å². The lowest BCUT2D eigenvalue weighted by atomic mass is 9.97. The van der Waals surface area contributed by atoms with Crippen LogP contribution in [0.2, 0.25) is 0 Å². The molecule has 0 aromatic heterocycles. The van der Waals surface area contributed by atoms with Crippen molar-refractivity contribution < 1.29 is 14.3 Å². The standard InChI is InChI=1S/C20H23NO3/c1-14(2)12-16(15-8-4-3-5-9-15)21-20(22)19-13-23-17-10-6-7-11-18(17)24-19/h3-11,14,16,19H,12-13H2,1-2H3,(H,21,22)/t16-,19-/m0/s1. The zero-order chi connectivity index (χ0) is 16.9. The van der Waals surface area contributed by atoms with Crippen LogP contribution in [-0.4, -0.2) is 18.6 Å². The Labute approximate surface area is 142 Å². The SMILES string of the molecule is CC(C)C[C@H](NC(=O)[C@@H]1COc2ccccc2O1)c1ccccc1. The third kappa shape index (κ3) is 3.88. The molecule has 4 nitrogen and oxygen atoms in total. The minimum atomic E-state index is -0.627. The fourth-order valence-electron chi connectivity index (χ4n) is 2.85. The zero-order valence-corrected chi connectivity index (χ0v) is 14.1. The smallest absolute Gasteiger partial charge is 0.265 e. The van der Waals surface area contributed by atoms with Crippen LogP contribution < -0.4 is 14.8 Å². The lowest BCUT2D eigenvalue weighted by molar-refractivity contribution is -0.131. The van der Waals surface area contributed by atoms with Gasteiger partial charge < -0.3 is 14.8 Å². The highest BCUT2D eigenvalue weighted by atomic mass is 16.6. The largest absolute Gasteiger partial charge is 0.485 e. The maximum atomic E-state index is 12.7. The first-order valence-electron chi connectivity index (χ1n) is 8.37. The van der Waals surface area contributed by atoms with Gasteiger partial charge in [-0.1, -0.05) is 56.3 Å². The molecular formula is C20H23NO3. The zero-order valence-electron chi connectivity index (χ0n) is 14.1. The Morgan fingerprint density at radius 3 is 2.46 bits per heavy atom. The van der Waals surface area contributed by atoms with E-state index < -0.39 is 6.10 Å². The van der Waals surface area contributed by atoms with Gasteiger partial charge in [-0.3, -0.25) is 4.79 Å². The molecule has 1 N–H and O–H groups in total. The van der Waals surface area contributed by atoms with E-state index in [0.29, 0.717) is 17.4 Å². The highest BCUT2D eigenvalue weighted by Crippen LogP contribution is 2.31. The lowest BCUT2D eigenvalue weighted by Crippen LogP contribution is -2.45. The third-order valence-corrected chi connectivity index (χ3v) is 4.03. The van der Waals surface area contributed by atoms with Crippen LogP contribution in [0.4, 0.5) is 0 Å². The molecule has 0 aliphatic carbocycles. The number of carbonyl (C=O) groups is 1. The van der Waals surface area contributed by atoms with Gasteiger partial charge in [0, 0.05) is 0 Å². The fraction of sp³-hybridized carbons (Fsp3) is 0.350. The van der Waals surface area contributed by atoms with Gasteiger partial charge in [0.2, 0.25) is 6.10 Å². The molecule has 4 heteroatoms. The molecule has 0 spiro atoms. The molecule has 1 aliphatic rings. The lowest BCUT2D eigenvalue weighted by Gasteiger charge is -2.28. The van der Waals surface area contributed by atoms with Gasteiger partial charge in [-0.05, 0) is 30.0 Å². The van der Waals surface area contributed by atoms with Crippen molar-refractivity contribution in [2.24, 2.45) is 5.92 Å². The van der Waals surface area contributed by atoms with Gasteiger partial charge in [-0.2, -0.15) is 0 Å². The highest BCUT2D eigenvalue weighted by molar-refractivity contribution is 5.82. The van der Waals surface area contributed by atoms with Crippen molar-refractivity contribution in [1.82, 2.24) is 5.32 Å². The van der Waals surface area contributed by atoms with Gasteiger partial charge in [-0.25, -0.2) is 0 Å². The number of hydrogen-bond donors (Lipinski definition) is 1. The molecule has 0 radical (unpaired) electrons. The van der Waals surface area contributed by atoms with Gasteiger partial charge in [0.25, 0.3) is 5.91 Å². The summed E-state index contributed by atoms with van der Waals surface area (Å²) in [5.74, 6) is 1.63. The number of carbonyl (C=O) groups excluding carboxylic acids is 1. The molecule has 3 rings (SSSR count). The summed E-state index contributed by atoms with van der Waals surface area (Å²) in [5.41, 5.74) is 1.11.